The molecule has 2 aromatic rings. The molecule has 1 unspecified atom stereocenters. The van der Waals surface area contributed by atoms with E-state index in [9.17, 15) is 13.2 Å². The summed E-state index contributed by atoms with van der Waals surface area (Å²) >= 11 is 6.11. The Bertz CT molecular complexity index is 616. The zero-order chi connectivity index (χ0) is 14.7. The normalized spacial score (nSPS) is 12.2. The lowest BCUT2D eigenvalue weighted by atomic mass is 10.0. The first-order chi connectivity index (χ1) is 9.51. The zero-order valence-corrected chi connectivity index (χ0v) is 11.4. The van der Waals surface area contributed by atoms with Gasteiger partial charge in [-0.25, -0.2) is 13.2 Å². The fraction of sp³-hybridized carbons (Fsp3) is 0.200. The van der Waals surface area contributed by atoms with E-state index in [1.54, 1.807) is 6.07 Å². The van der Waals surface area contributed by atoms with Crippen LogP contribution in [0.5, 0.6) is 5.75 Å². The quantitative estimate of drug-likeness (QED) is 0.748. The van der Waals surface area contributed by atoms with Crippen molar-refractivity contribution in [2.75, 3.05) is 7.11 Å². The van der Waals surface area contributed by atoms with Gasteiger partial charge < -0.3 is 4.74 Å². The van der Waals surface area contributed by atoms with Crippen LogP contribution in [-0.4, -0.2) is 7.11 Å². The van der Waals surface area contributed by atoms with Crippen molar-refractivity contribution < 1.29 is 17.9 Å². The molecule has 0 saturated carbocycles. The van der Waals surface area contributed by atoms with Gasteiger partial charge in [0.1, 0.15) is 23.2 Å². The van der Waals surface area contributed by atoms with Gasteiger partial charge >= 0.3 is 0 Å². The molecule has 5 heteroatoms. The van der Waals surface area contributed by atoms with E-state index in [4.69, 9.17) is 16.3 Å². The topological polar surface area (TPSA) is 9.23 Å². The molecule has 0 aromatic heterocycles. The van der Waals surface area contributed by atoms with Crippen LogP contribution < -0.4 is 4.74 Å². The third kappa shape index (κ3) is 3.25. The monoisotopic (exact) mass is 300 g/mol. The lowest BCUT2D eigenvalue weighted by molar-refractivity contribution is 0.410. The second-order valence-corrected chi connectivity index (χ2v) is 4.82. The van der Waals surface area contributed by atoms with Crippen LogP contribution in [0.2, 0.25) is 0 Å². The number of rotatable bonds is 4. The molecule has 0 fully saturated rings. The molecule has 1 atom stereocenters. The largest absolute Gasteiger partial charge is 0.497 e. The maximum Gasteiger partial charge on any atom is 0.131 e. The van der Waals surface area contributed by atoms with Gasteiger partial charge in [0.05, 0.1) is 12.5 Å². The number of alkyl halides is 1. The lowest BCUT2D eigenvalue weighted by Gasteiger charge is -2.12. The summed E-state index contributed by atoms with van der Waals surface area (Å²) in [7, 11) is 1.43. The third-order valence-corrected chi connectivity index (χ3v) is 3.35. The van der Waals surface area contributed by atoms with Gasteiger partial charge in [-0.15, -0.1) is 11.6 Å². The van der Waals surface area contributed by atoms with Crippen LogP contribution in [0.15, 0.2) is 36.4 Å². The number of benzene rings is 2. The highest BCUT2D eigenvalue weighted by molar-refractivity contribution is 6.20. The Balaban J connectivity index is 2.21. The molecule has 0 bridgehead atoms. The minimum atomic E-state index is -0.749. The summed E-state index contributed by atoms with van der Waals surface area (Å²) in [5.74, 6) is -1.49. The fourth-order valence-electron chi connectivity index (χ4n) is 1.88. The number of ether oxygens (including phenoxy) is 1. The summed E-state index contributed by atoms with van der Waals surface area (Å²) in [5.41, 5.74) is 0.484. The predicted molar refractivity (Wildman–Crippen MR) is 71.6 cm³/mol. The first-order valence-corrected chi connectivity index (χ1v) is 6.36. The number of halogens is 4. The Morgan fingerprint density at radius 3 is 2.40 bits per heavy atom. The van der Waals surface area contributed by atoms with Crippen molar-refractivity contribution >= 4 is 11.6 Å². The number of hydrogen-bond donors (Lipinski definition) is 0. The summed E-state index contributed by atoms with van der Waals surface area (Å²) < 4.78 is 45.1. The molecule has 0 saturated heterocycles. The smallest absolute Gasteiger partial charge is 0.131 e. The van der Waals surface area contributed by atoms with Gasteiger partial charge in [0.25, 0.3) is 0 Å². The summed E-state index contributed by atoms with van der Waals surface area (Å²) in [6.45, 7) is 0. The van der Waals surface area contributed by atoms with E-state index in [0.717, 1.165) is 12.1 Å². The molecule has 0 amide bonds. The third-order valence-electron chi connectivity index (χ3n) is 2.96. The van der Waals surface area contributed by atoms with E-state index in [0.29, 0.717) is 5.75 Å². The van der Waals surface area contributed by atoms with Crippen molar-refractivity contribution in [3.63, 3.8) is 0 Å². The van der Waals surface area contributed by atoms with E-state index in [2.05, 4.69) is 0 Å². The van der Waals surface area contributed by atoms with Crippen LogP contribution in [0.3, 0.4) is 0 Å². The first kappa shape index (κ1) is 14.7. The number of methoxy groups -OCH3 is 1. The van der Waals surface area contributed by atoms with Gasteiger partial charge in [0.2, 0.25) is 0 Å². The molecule has 0 N–H and O–H groups in total. The lowest BCUT2D eigenvalue weighted by Crippen LogP contribution is -2.02. The first-order valence-electron chi connectivity index (χ1n) is 5.92. The van der Waals surface area contributed by atoms with Gasteiger partial charge in [0, 0.05) is 17.7 Å². The molecule has 0 aliphatic rings. The SMILES string of the molecule is COc1ccc(C(Cl)Cc2ccc(F)cc2F)c(F)c1. The van der Waals surface area contributed by atoms with Crippen molar-refractivity contribution in [3.05, 3.63) is 65.0 Å². The second kappa shape index (κ2) is 6.18. The van der Waals surface area contributed by atoms with Crippen molar-refractivity contribution in [1.82, 2.24) is 0 Å². The molecule has 0 aliphatic heterocycles. The van der Waals surface area contributed by atoms with Crippen LogP contribution >= 0.6 is 11.6 Å². The Kier molecular flexibility index (Phi) is 4.55. The standard InChI is InChI=1S/C15H12ClF3O/c1-20-11-4-5-12(15(19)8-11)13(16)6-9-2-3-10(17)7-14(9)18/h2-5,7-8,13H,6H2,1H3. The van der Waals surface area contributed by atoms with E-state index in [1.165, 1.54) is 25.3 Å². The summed E-state index contributed by atoms with van der Waals surface area (Å²) in [5, 5.41) is -0.749. The van der Waals surface area contributed by atoms with Crippen LogP contribution in [0.1, 0.15) is 16.5 Å². The van der Waals surface area contributed by atoms with Crippen molar-refractivity contribution in [2.24, 2.45) is 0 Å². The molecule has 2 aromatic carbocycles. The molecule has 0 aliphatic carbocycles. The summed E-state index contributed by atoms with van der Waals surface area (Å²) in [6, 6.07) is 7.52. The van der Waals surface area contributed by atoms with E-state index >= 15 is 0 Å². The second-order valence-electron chi connectivity index (χ2n) is 4.29. The average molecular weight is 301 g/mol. The molecular formula is C15H12ClF3O. The molecule has 106 valence electrons. The predicted octanol–water partition coefficient (Wildman–Crippen LogP) is 4.64. The minimum absolute atomic E-state index is 0.0664. The molecular weight excluding hydrogens is 289 g/mol. The Hall–Kier alpha value is -1.68. The summed E-state index contributed by atoms with van der Waals surface area (Å²) in [6.07, 6.45) is 0.0664. The summed E-state index contributed by atoms with van der Waals surface area (Å²) in [4.78, 5) is 0. The number of hydrogen-bond acceptors (Lipinski definition) is 1. The highest BCUT2D eigenvalue weighted by atomic mass is 35.5. The maximum atomic E-state index is 13.8. The van der Waals surface area contributed by atoms with Crippen LogP contribution in [0.4, 0.5) is 13.2 Å². The molecule has 0 radical (unpaired) electrons. The maximum absolute atomic E-state index is 13.8. The highest BCUT2D eigenvalue weighted by Gasteiger charge is 2.16. The van der Waals surface area contributed by atoms with Gasteiger partial charge in [-0.1, -0.05) is 12.1 Å². The van der Waals surface area contributed by atoms with Gasteiger partial charge in [0.15, 0.2) is 0 Å². The molecule has 0 spiro atoms. The van der Waals surface area contributed by atoms with E-state index < -0.39 is 22.8 Å². The van der Waals surface area contributed by atoms with E-state index in [-0.39, 0.29) is 17.5 Å². The molecule has 0 heterocycles. The van der Waals surface area contributed by atoms with Crippen LogP contribution in [0.25, 0.3) is 0 Å². The Morgan fingerprint density at radius 1 is 1.05 bits per heavy atom. The Morgan fingerprint density at radius 2 is 1.80 bits per heavy atom. The zero-order valence-electron chi connectivity index (χ0n) is 10.7. The van der Waals surface area contributed by atoms with Crippen molar-refractivity contribution in [2.45, 2.75) is 11.8 Å². The molecule has 20 heavy (non-hydrogen) atoms. The van der Waals surface area contributed by atoms with Crippen LogP contribution in [-0.2, 0) is 6.42 Å². The molecule has 2 rings (SSSR count). The van der Waals surface area contributed by atoms with Gasteiger partial charge in [-0.3, -0.25) is 0 Å². The minimum Gasteiger partial charge on any atom is -0.497 e. The van der Waals surface area contributed by atoms with Crippen LogP contribution in [0, 0.1) is 17.5 Å². The van der Waals surface area contributed by atoms with Gasteiger partial charge in [-0.2, -0.15) is 0 Å². The van der Waals surface area contributed by atoms with Crippen molar-refractivity contribution in [3.8, 4) is 5.75 Å². The highest BCUT2D eigenvalue weighted by Crippen LogP contribution is 2.30. The molecule has 1 nitrogen and oxygen atoms in total. The average Bonchev–Trinajstić information content (AvgIpc) is 2.41. The fourth-order valence-corrected chi connectivity index (χ4v) is 2.22. The van der Waals surface area contributed by atoms with Gasteiger partial charge in [-0.05, 0) is 24.1 Å². The van der Waals surface area contributed by atoms with Crippen molar-refractivity contribution in [1.29, 1.82) is 0 Å². The Labute approximate surface area is 119 Å². The van der Waals surface area contributed by atoms with E-state index in [1.807, 2.05) is 0 Å².